The molecule has 1 aromatic carbocycles. The molecule has 0 atom stereocenters. The summed E-state index contributed by atoms with van der Waals surface area (Å²) < 4.78 is 7.66. The van der Waals surface area contributed by atoms with Crippen LogP contribution >= 0.6 is 0 Å². The highest BCUT2D eigenvalue weighted by molar-refractivity contribution is 5.96. The number of morpholine rings is 1. The molecule has 2 aliphatic heterocycles. The molecule has 0 amide bonds. The molecule has 0 radical (unpaired) electrons. The van der Waals surface area contributed by atoms with Gasteiger partial charge in [-0.15, -0.1) is 0 Å². The topological polar surface area (TPSA) is 41.5 Å². The normalized spacial score (nSPS) is 19.8. The van der Waals surface area contributed by atoms with Gasteiger partial charge in [-0.05, 0) is 12.5 Å². The average molecular weight is 260 g/mol. The molecule has 2 aliphatic rings. The van der Waals surface area contributed by atoms with Gasteiger partial charge in [-0.1, -0.05) is 18.2 Å². The van der Waals surface area contributed by atoms with Crippen molar-refractivity contribution in [2.75, 3.05) is 39.4 Å². The number of hydrogen-bond donors (Lipinski definition) is 1. The molecule has 1 saturated heterocycles. The zero-order chi connectivity index (χ0) is 13.1. The molecule has 1 fully saturated rings. The van der Waals surface area contributed by atoms with Gasteiger partial charge >= 0.3 is 0 Å². The summed E-state index contributed by atoms with van der Waals surface area (Å²) in [6, 6.07) is 8.43. The van der Waals surface area contributed by atoms with Crippen molar-refractivity contribution in [1.82, 2.24) is 4.90 Å². The first-order valence-corrected chi connectivity index (χ1v) is 7.10. The Morgan fingerprint density at radius 2 is 2.00 bits per heavy atom. The summed E-state index contributed by atoms with van der Waals surface area (Å²) in [7, 11) is 0. The molecular weight excluding hydrogens is 238 g/mol. The van der Waals surface area contributed by atoms with E-state index in [-0.39, 0.29) is 0 Å². The van der Waals surface area contributed by atoms with E-state index in [0.717, 1.165) is 58.2 Å². The molecule has 102 valence electrons. The van der Waals surface area contributed by atoms with Crippen molar-refractivity contribution >= 4 is 5.84 Å². The van der Waals surface area contributed by atoms with Crippen LogP contribution in [0.4, 0.5) is 0 Å². The van der Waals surface area contributed by atoms with Crippen LogP contribution in [0.1, 0.15) is 17.5 Å². The first-order valence-electron chi connectivity index (χ1n) is 7.10. The second-order valence-electron chi connectivity index (χ2n) is 5.27. The van der Waals surface area contributed by atoms with Crippen LogP contribution in [0.25, 0.3) is 0 Å². The minimum atomic E-state index is 0.878. The van der Waals surface area contributed by atoms with Gasteiger partial charge in [0.15, 0.2) is 0 Å². The molecule has 0 saturated carbocycles. The van der Waals surface area contributed by atoms with Gasteiger partial charge in [-0.2, -0.15) is 0 Å². The zero-order valence-corrected chi connectivity index (χ0v) is 11.3. The summed E-state index contributed by atoms with van der Waals surface area (Å²) >= 11 is 0. The Kier molecular flexibility index (Phi) is 3.80. The van der Waals surface area contributed by atoms with Crippen LogP contribution in [0, 0.1) is 0 Å². The molecule has 0 aromatic heterocycles. The standard InChI is InChI=1S/C15H21N3O/c16-15-14-5-2-1-4-13(14)12-18(15)7-3-6-17-8-10-19-11-9-17/h1-2,4-5,16H,3,6-12H2/p+1. The highest BCUT2D eigenvalue weighted by Crippen LogP contribution is 2.16. The van der Waals surface area contributed by atoms with E-state index in [4.69, 9.17) is 10.5 Å². The van der Waals surface area contributed by atoms with Gasteiger partial charge in [-0.25, -0.2) is 0 Å². The fourth-order valence-corrected chi connectivity index (χ4v) is 2.88. The largest absolute Gasteiger partial charge is 0.379 e. The monoisotopic (exact) mass is 260 g/mol. The molecule has 0 spiro atoms. The summed E-state index contributed by atoms with van der Waals surface area (Å²) in [6.45, 7) is 7.04. The van der Waals surface area contributed by atoms with Gasteiger partial charge in [0.1, 0.15) is 6.54 Å². The Morgan fingerprint density at radius 3 is 2.79 bits per heavy atom. The molecule has 19 heavy (non-hydrogen) atoms. The van der Waals surface area contributed by atoms with Crippen molar-refractivity contribution in [3.63, 3.8) is 0 Å². The van der Waals surface area contributed by atoms with Crippen molar-refractivity contribution in [3.8, 4) is 0 Å². The lowest BCUT2D eigenvalue weighted by atomic mass is 10.1. The van der Waals surface area contributed by atoms with Gasteiger partial charge in [-0.3, -0.25) is 15.2 Å². The Morgan fingerprint density at radius 1 is 1.21 bits per heavy atom. The number of nitrogens with two attached hydrogens (primary N) is 1. The quantitative estimate of drug-likeness (QED) is 0.808. The Bertz CT molecular complexity index is 478. The van der Waals surface area contributed by atoms with Crippen molar-refractivity contribution < 1.29 is 9.31 Å². The Balaban J connectivity index is 1.53. The van der Waals surface area contributed by atoms with Gasteiger partial charge in [0, 0.05) is 25.2 Å². The lowest BCUT2D eigenvalue weighted by Crippen LogP contribution is -2.37. The molecule has 4 nitrogen and oxygen atoms in total. The maximum Gasteiger partial charge on any atom is 0.275 e. The molecule has 2 N–H and O–H groups in total. The Labute approximate surface area is 114 Å². The summed E-state index contributed by atoms with van der Waals surface area (Å²) in [5.41, 5.74) is 8.79. The lowest BCUT2D eigenvalue weighted by molar-refractivity contribution is -0.540. The van der Waals surface area contributed by atoms with E-state index >= 15 is 0 Å². The zero-order valence-electron chi connectivity index (χ0n) is 11.3. The summed E-state index contributed by atoms with van der Waals surface area (Å²) in [5, 5.41) is 0. The number of rotatable bonds is 4. The Hall–Kier alpha value is -1.39. The number of hydrogen-bond acceptors (Lipinski definition) is 3. The highest BCUT2D eigenvalue weighted by atomic mass is 16.5. The highest BCUT2D eigenvalue weighted by Gasteiger charge is 2.23. The number of amidine groups is 1. The minimum absolute atomic E-state index is 0.878. The van der Waals surface area contributed by atoms with Crippen LogP contribution in [-0.2, 0) is 11.3 Å². The number of nitrogens with zero attached hydrogens (tertiary/aromatic N) is 2. The molecule has 0 aliphatic carbocycles. The first kappa shape index (κ1) is 12.6. The van der Waals surface area contributed by atoms with E-state index in [1.165, 1.54) is 11.1 Å². The predicted molar refractivity (Wildman–Crippen MR) is 75.4 cm³/mol. The summed E-state index contributed by atoms with van der Waals surface area (Å²) in [4.78, 5) is 2.48. The van der Waals surface area contributed by atoms with Gasteiger partial charge in [0.25, 0.3) is 5.84 Å². The number of benzene rings is 1. The third-order valence-corrected chi connectivity index (χ3v) is 4.00. The lowest BCUT2D eigenvalue weighted by Gasteiger charge is -2.26. The molecule has 4 heteroatoms. The van der Waals surface area contributed by atoms with Crippen LogP contribution in [0.15, 0.2) is 24.3 Å². The third-order valence-electron chi connectivity index (χ3n) is 4.00. The fraction of sp³-hybridized carbons (Fsp3) is 0.533. The molecule has 2 heterocycles. The minimum Gasteiger partial charge on any atom is -0.379 e. The summed E-state index contributed by atoms with van der Waals surface area (Å²) in [5.74, 6) is 0.942. The first-order chi connectivity index (χ1) is 9.34. The van der Waals surface area contributed by atoms with Gasteiger partial charge in [0.05, 0.1) is 25.3 Å². The molecule has 1 aromatic rings. The molecule has 0 unspecified atom stereocenters. The SMILES string of the molecule is NC1=[N+](CCCN2CCOCC2)Cc2ccccc21. The smallest absolute Gasteiger partial charge is 0.275 e. The molecule has 0 bridgehead atoms. The maximum absolute atomic E-state index is 6.22. The number of ether oxygens (including phenoxy) is 1. The number of fused-ring (bicyclic) bond motifs is 1. The van der Waals surface area contributed by atoms with Crippen LogP contribution in [0.3, 0.4) is 0 Å². The van der Waals surface area contributed by atoms with E-state index in [9.17, 15) is 0 Å². The van der Waals surface area contributed by atoms with Crippen LogP contribution in [0.2, 0.25) is 0 Å². The van der Waals surface area contributed by atoms with Gasteiger partial charge in [0.2, 0.25) is 0 Å². The predicted octanol–water partition coefficient (Wildman–Crippen LogP) is 0.640. The van der Waals surface area contributed by atoms with Crippen LogP contribution in [-0.4, -0.2) is 54.7 Å². The van der Waals surface area contributed by atoms with E-state index < -0.39 is 0 Å². The fourth-order valence-electron chi connectivity index (χ4n) is 2.88. The molecule has 3 rings (SSSR count). The molecular formula is C15H22N3O+. The summed E-state index contributed by atoms with van der Waals surface area (Å²) in [6.07, 6.45) is 1.16. The van der Waals surface area contributed by atoms with Crippen molar-refractivity contribution in [1.29, 1.82) is 0 Å². The van der Waals surface area contributed by atoms with E-state index in [1.54, 1.807) is 0 Å². The van der Waals surface area contributed by atoms with E-state index in [2.05, 4.69) is 33.7 Å². The van der Waals surface area contributed by atoms with E-state index in [0.29, 0.717) is 0 Å². The average Bonchev–Trinajstić information content (AvgIpc) is 2.78. The van der Waals surface area contributed by atoms with Crippen molar-refractivity contribution in [2.24, 2.45) is 5.73 Å². The van der Waals surface area contributed by atoms with E-state index in [1.807, 2.05) is 0 Å². The second kappa shape index (κ2) is 5.72. The third kappa shape index (κ3) is 2.80. The second-order valence-corrected chi connectivity index (χ2v) is 5.27. The van der Waals surface area contributed by atoms with Gasteiger partial charge < -0.3 is 4.74 Å². The van der Waals surface area contributed by atoms with Crippen molar-refractivity contribution in [2.45, 2.75) is 13.0 Å². The van der Waals surface area contributed by atoms with Crippen molar-refractivity contribution in [3.05, 3.63) is 35.4 Å². The maximum atomic E-state index is 6.22. The van der Waals surface area contributed by atoms with Crippen LogP contribution < -0.4 is 5.73 Å². The van der Waals surface area contributed by atoms with Crippen LogP contribution in [0.5, 0.6) is 0 Å².